The van der Waals surface area contributed by atoms with Crippen LogP contribution >= 0.6 is 0 Å². The van der Waals surface area contributed by atoms with Gasteiger partial charge in [-0.2, -0.15) is 0 Å². The molecule has 0 bridgehead atoms. The van der Waals surface area contributed by atoms with Crippen molar-refractivity contribution >= 4 is 5.78 Å². The van der Waals surface area contributed by atoms with Crippen LogP contribution in [0, 0.1) is 5.82 Å². The summed E-state index contributed by atoms with van der Waals surface area (Å²) in [5.74, 6) is 0.0265. The quantitative estimate of drug-likeness (QED) is 0.792. The molecule has 0 amide bonds. The third kappa shape index (κ3) is 2.57. The van der Waals surface area contributed by atoms with Crippen molar-refractivity contribution in [1.82, 2.24) is 0 Å². The van der Waals surface area contributed by atoms with Gasteiger partial charge in [0.2, 0.25) is 0 Å². The second-order valence-corrected chi connectivity index (χ2v) is 3.88. The molecule has 19 heavy (non-hydrogen) atoms. The number of hydrogen-bond donors (Lipinski definition) is 0. The van der Waals surface area contributed by atoms with Crippen LogP contribution in [-0.2, 0) is 0 Å². The molecule has 0 heterocycles. The first-order chi connectivity index (χ1) is 9.17. The lowest BCUT2D eigenvalue weighted by Gasteiger charge is -2.09. The van der Waals surface area contributed by atoms with Gasteiger partial charge in [0.25, 0.3) is 0 Å². The zero-order valence-electron chi connectivity index (χ0n) is 10.6. The second-order valence-electron chi connectivity index (χ2n) is 3.88. The molecule has 0 unspecified atom stereocenters. The van der Waals surface area contributed by atoms with Crippen LogP contribution < -0.4 is 9.47 Å². The van der Waals surface area contributed by atoms with Crippen LogP contribution in [0.15, 0.2) is 42.5 Å². The minimum atomic E-state index is -0.540. The van der Waals surface area contributed by atoms with Crippen molar-refractivity contribution in [2.45, 2.75) is 0 Å². The monoisotopic (exact) mass is 260 g/mol. The first kappa shape index (κ1) is 13.1. The minimum absolute atomic E-state index is 0.0368. The van der Waals surface area contributed by atoms with Gasteiger partial charge >= 0.3 is 0 Å². The Hall–Kier alpha value is -2.36. The van der Waals surface area contributed by atoms with Crippen LogP contribution in [0.2, 0.25) is 0 Å². The molecule has 0 aliphatic carbocycles. The number of carbonyl (C=O) groups is 1. The van der Waals surface area contributed by atoms with Gasteiger partial charge in [-0.3, -0.25) is 4.79 Å². The van der Waals surface area contributed by atoms with Gasteiger partial charge in [-0.05, 0) is 30.3 Å². The third-order valence-electron chi connectivity index (χ3n) is 2.76. The largest absolute Gasteiger partial charge is 0.493 e. The first-order valence-corrected chi connectivity index (χ1v) is 5.68. The van der Waals surface area contributed by atoms with Crippen molar-refractivity contribution in [3.8, 4) is 11.5 Å². The molecule has 0 saturated carbocycles. The number of rotatable bonds is 4. The fourth-order valence-corrected chi connectivity index (χ4v) is 1.78. The number of ether oxygens (including phenoxy) is 2. The van der Waals surface area contributed by atoms with E-state index >= 15 is 0 Å². The lowest BCUT2D eigenvalue weighted by Crippen LogP contribution is -2.04. The Labute approximate surface area is 110 Å². The van der Waals surface area contributed by atoms with Crippen LogP contribution in [0.1, 0.15) is 15.9 Å². The maximum absolute atomic E-state index is 13.6. The van der Waals surface area contributed by atoms with E-state index in [0.29, 0.717) is 17.1 Å². The van der Waals surface area contributed by atoms with E-state index in [-0.39, 0.29) is 11.3 Å². The van der Waals surface area contributed by atoms with Gasteiger partial charge in [-0.25, -0.2) is 4.39 Å². The predicted molar refractivity (Wildman–Crippen MR) is 69.4 cm³/mol. The molecule has 2 aromatic carbocycles. The standard InChI is InChI=1S/C15H13FO3/c1-18-13-8-7-10(9-14(13)19-2)15(17)11-5-3-4-6-12(11)16/h3-9H,1-2H3. The SMILES string of the molecule is COc1ccc(C(=O)c2ccccc2F)cc1OC. The molecule has 98 valence electrons. The molecule has 2 rings (SSSR count). The molecule has 4 heteroatoms. The van der Waals surface area contributed by atoms with E-state index in [0.717, 1.165) is 0 Å². The fraction of sp³-hybridized carbons (Fsp3) is 0.133. The van der Waals surface area contributed by atoms with Gasteiger partial charge in [-0.15, -0.1) is 0 Å². The molecule has 3 nitrogen and oxygen atoms in total. The molecule has 0 radical (unpaired) electrons. The van der Waals surface area contributed by atoms with Crippen molar-refractivity contribution in [3.05, 3.63) is 59.4 Å². The van der Waals surface area contributed by atoms with Crippen molar-refractivity contribution < 1.29 is 18.7 Å². The summed E-state index contributed by atoms with van der Waals surface area (Å²) >= 11 is 0. The maximum atomic E-state index is 13.6. The molecule has 0 aliphatic heterocycles. The maximum Gasteiger partial charge on any atom is 0.196 e. The summed E-state index contributed by atoms with van der Waals surface area (Å²) in [6, 6.07) is 10.6. The smallest absolute Gasteiger partial charge is 0.196 e. The average molecular weight is 260 g/mol. The van der Waals surface area contributed by atoms with E-state index in [2.05, 4.69) is 0 Å². The van der Waals surface area contributed by atoms with Gasteiger partial charge in [0, 0.05) is 5.56 Å². The van der Waals surface area contributed by atoms with Crippen LogP contribution in [0.25, 0.3) is 0 Å². The zero-order chi connectivity index (χ0) is 13.8. The summed E-state index contributed by atoms with van der Waals surface area (Å²) in [7, 11) is 2.99. The number of benzene rings is 2. The molecule has 0 atom stereocenters. The van der Waals surface area contributed by atoms with Crippen molar-refractivity contribution in [2.24, 2.45) is 0 Å². The topological polar surface area (TPSA) is 35.5 Å². The minimum Gasteiger partial charge on any atom is -0.493 e. The van der Waals surface area contributed by atoms with E-state index in [1.165, 1.54) is 32.4 Å². The van der Waals surface area contributed by atoms with Gasteiger partial charge in [-0.1, -0.05) is 12.1 Å². The zero-order valence-corrected chi connectivity index (χ0v) is 10.6. The summed E-state index contributed by atoms with van der Waals surface area (Å²) in [4.78, 5) is 12.2. The Morgan fingerprint density at radius 1 is 1.00 bits per heavy atom. The summed E-state index contributed by atoms with van der Waals surface area (Å²) in [5.41, 5.74) is 0.387. The third-order valence-corrected chi connectivity index (χ3v) is 2.76. The van der Waals surface area contributed by atoms with Gasteiger partial charge in [0.1, 0.15) is 5.82 Å². The fourth-order valence-electron chi connectivity index (χ4n) is 1.78. The summed E-state index contributed by atoms with van der Waals surface area (Å²) in [6.45, 7) is 0. The van der Waals surface area contributed by atoms with Crippen molar-refractivity contribution in [1.29, 1.82) is 0 Å². The molecule has 0 aromatic heterocycles. The van der Waals surface area contributed by atoms with Crippen LogP contribution in [0.4, 0.5) is 4.39 Å². The predicted octanol–water partition coefficient (Wildman–Crippen LogP) is 3.07. The van der Waals surface area contributed by atoms with Crippen LogP contribution in [0.5, 0.6) is 11.5 Å². The highest BCUT2D eigenvalue weighted by atomic mass is 19.1. The molecule has 0 aliphatic rings. The van der Waals surface area contributed by atoms with E-state index in [1.54, 1.807) is 24.3 Å². The molecule has 2 aromatic rings. The van der Waals surface area contributed by atoms with E-state index < -0.39 is 5.82 Å². The van der Waals surface area contributed by atoms with Crippen molar-refractivity contribution in [2.75, 3.05) is 14.2 Å². The lowest BCUT2D eigenvalue weighted by atomic mass is 10.0. The molecule has 0 N–H and O–H groups in total. The Morgan fingerprint density at radius 2 is 1.68 bits per heavy atom. The Kier molecular flexibility index (Phi) is 3.80. The molecule has 0 spiro atoms. The molecule has 0 fully saturated rings. The highest BCUT2D eigenvalue weighted by Gasteiger charge is 2.15. The van der Waals surface area contributed by atoms with E-state index in [4.69, 9.17) is 9.47 Å². The summed E-state index contributed by atoms with van der Waals surface area (Å²) < 4.78 is 23.8. The molecule has 0 saturated heterocycles. The molecular formula is C15H13FO3. The molecular weight excluding hydrogens is 247 g/mol. The first-order valence-electron chi connectivity index (χ1n) is 5.68. The highest BCUT2D eigenvalue weighted by Crippen LogP contribution is 2.28. The van der Waals surface area contributed by atoms with Gasteiger partial charge in [0.05, 0.1) is 19.8 Å². The number of halogens is 1. The van der Waals surface area contributed by atoms with E-state index in [9.17, 15) is 9.18 Å². The summed E-state index contributed by atoms with van der Waals surface area (Å²) in [5, 5.41) is 0. The Morgan fingerprint density at radius 3 is 2.32 bits per heavy atom. The Bertz CT molecular complexity index is 608. The number of hydrogen-bond acceptors (Lipinski definition) is 3. The van der Waals surface area contributed by atoms with Gasteiger partial charge in [0.15, 0.2) is 17.3 Å². The number of ketones is 1. The van der Waals surface area contributed by atoms with E-state index in [1.807, 2.05) is 0 Å². The Balaban J connectivity index is 2.42. The highest BCUT2D eigenvalue weighted by molar-refractivity contribution is 6.09. The van der Waals surface area contributed by atoms with Crippen molar-refractivity contribution in [3.63, 3.8) is 0 Å². The normalized spacial score (nSPS) is 10.1. The van der Waals surface area contributed by atoms with Crippen LogP contribution in [0.3, 0.4) is 0 Å². The lowest BCUT2D eigenvalue weighted by molar-refractivity contribution is 0.103. The van der Waals surface area contributed by atoms with Gasteiger partial charge < -0.3 is 9.47 Å². The summed E-state index contributed by atoms with van der Waals surface area (Å²) in [6.07, 6.45) is 0. The van der Waals surface area contributed by atoms with Crippen LogP contribution in [-0.4, -0.2) is 20.0 Å². The average Bonchev–Trinajstić information content (AvgIpc) is 2.46. The number of methoxy groups -OCH3 is 2. The number of carbonyl (C=O) groups excluding carboxylic acids is 1. The second kappa shape index (κ2) is 5.52.